The molecule has 0 amide bonds. The first-order chi connectivity index (χ1) is 30.5. The highest BCUT2D eigenvalue weighted by Crippen LogP contribution is 2.52. The SMILES string of the molecule is CC1(C)c2ccccc2-c2ccc(N3c4cc(N(c5ccccc5)c5ccccc5)ccc4B4c5ccccc5N(c5ccc6c(c5)sc5ccccc56)c5cccc3c54)cc21. The molecule has 0 spiro atoms. The number of hydrogen-bond donors (Lipinski definition) is 0. The fourth-order valence-electron chi connectivity index (χ4n) is 10.9. The zero-order chi connectivity index (χ0) is 41.1. The monoisotopic (exact) mass is 809 g/mol. The van der Waals surface area contributed by atoms with Crippen LogP contribution < -0.4 is 31.1 Å². The lowest BCUT2D eigenvalue weighted by Crippen LogP contribution is -2.61. The van der Waals surface area contributed by atoms with Crippen molar-refractivity contribution >= 4 is 106 Å². The number of benzene rings is 9. The summed E-state index contributed by atoms with van der Waals surface area (Å²) in [6.07, 6.45) is 0. The van der Waals surface area contributed by atoms with E-state index >= 15 is 0 Å². The molecule has 3 aliphatic rings. The molecule has 13 rings (SSSR count). The van der Waals surface area contributed by atoms with Gasteiger partial charge in [0.05, 0.1) is 0 Å². The maximum Gasteiger partial charge on any atom is 0.252 e. The Morgan fingerprint density at radius 3 is 1.82 bits per heavy atom. The first kappa shape index (κ1) is 35.4. The Bertz CT molecular complexity index is 3390. The molecule has 0 fully saturated rings. The molecule has 3 nitrogen and oxygen atoms in total. The molecule has 0 unspecified atom stereocenters. The number of para-hydroxylation sites is 3. The van der Waals surface area contributed by atoms with Crippen LogP contribution in [0.5, 0.6) is 0 Å². The molecule has 2 aliphatic heterocycles. The molecule has 292 valence electrons. The lowest BCUT2D eigenvalue weighted by atomic mass is 9.33. The number of fused-ring (bicyclic) bond motifs is 10. The first-order valence-electron chi connectivity index (χ1n) is 21.5. The normalized spacial score (nSPS) is 14.0. The summed E-state index contributed by atoms with van der Waals surface area (Å²) in [6.45, 7) is 4.78. The summed E-state index contributed by atoms with van der Waals surface area (Å²) >= 11 is 1.88. The van der Waals surface area contributed by atoms with Crippen LogP contribution in [0.25, 0.3) is 31.3 Å². The van der Waals surface area contributed by atoms with Crippen molar-refractivity contribution in [3.05, 3.63) is 217 Å². The number of hydrogen-bond acceptors (Lipinski definition) is 4. The van der Waals surface area contributed by atoms with E-state index in [0.717, 1.165) is 22.7 Å². The van der Waals surface area contributed by atoms with Crippen molar-refractivity contribution in [2.24, 2.45) is 0 Å². The topological polar surface area (TPSA) is 9.72 Å². The van der Waals surface area contributed by atoms with Crippen molar-refractivity contribution < 1.29 is 0 Å². The Kier molecular flexibility index (Phi) is 7.62. The van der Waals surface area contributed by atoms with Crippen molar-refractivity contribution in [2.75, 3.05) is 14.7 Å². The van der Waals surface area contributed by atoms with Crippen LogP contribution in [0.2, 0.25) is 0 Å². The Morgan fingerprint density at radius 1 is 0.419 bits per heavy atom. The summed E-state index contributed by atoms with van der Waals surface area (Å²) in [5.74, 6) is 0. The third-order valence-corrected chi connectivity index (χ3v) is 14.8. The summed E-state index contributed by atoms with van der Waals surface area (Å²) in [4.78, 5) is 7.46. The van der Waals surface area contributed by atoms with Crippen LogP contribution in [-0.2, 0) is 5.41 Å². The molecule has 0 saturated carbocycles. The first-order valence-corrected chi connectivity index (χ1v) is 22.4. The van der Waals surface area contributed by atoms with Gasteiger partial charge in [0.25, 0.3) is 6.71 Å². The lowest BCUT2D eigenvalue weighted by Gasteiger charge is -2.44. The van der Waals surface area contributed by atoms with Gasteiger partial charge in [0.1, 0.15) is 0 Å². The molecule has 62 heavy (non-hydrogen) atoms. The Morgan fingerprint density at radius 2 is 1.02 bits per heavy atom. The molecule has 9 aromatic carbocycles. The molecular weight excluding hydrogens is 770 g/mol. The minimum absolute atomic E-state index is 0.0269. The van der Waals surface area contributed by atoms with E-state index in [9.17, 15) is 0 Å². The maximum atomic E-state index is 2.56. The number of nitrogens with zero attached hydrogens (tertiary/aromatic N) is 3. The summed E-state index contributed by atoms with van der Waals surface area (Å²) < 4.78 is 2.62. The Hall–Kier alpha value is -7.34. The van der Waals surface area contributed by atoms with Gasteiger partial charge in [-0.1, -0.05) is 135 Å². The molecule has 0 saturated heterocycles. The van der Waals surface area contributed by atoms with Gasteiger partial charge in [-0.2, -0.15) is 0 Å². The van der Waals surface area contributed by atoms with Gasteiger partial charge in [-0.25, -0.2) is 0 Å². The van der Waals surface area contributed by atoms with Crippen LogP contribution in [0.1, 0.15) is 25.0 Å². The van der Waals surface area contributed by atoms with Crippen LogP contribution in [0.15, 0.2) is 206 Å². The van der Waals surface area contributed by atoms with Gasteiger partial charge in [-0.05, 0) is 124 Å². The molecule has 0 N–H and O–H groups in total. The van der Waals surface area contributed by atoms with E-state index in [2.05, 4.69) is 235 Å². The van der Waals surface area contributed by atoms with Gasteiger partial charge in [-0.15, -0.1) is 11.3 Å². The molecule has 1 aliphatic carbocycles. The molecule has 1 aromatic heterocycles. The minimum atomic E-state index is -0.139. The summed E-state index contributed by atoms with van der Waals surface area (Å²) in [6, 6.07) is 76.6. The maximum absolute atomic E-state index is 2.56. The van der Waals surface area contributed by atoms with Gasteiger partial charge >= 0.3 is 0 Å². The van der Waals surface area contributed by atoms with Crippen LogP contribution in [-0.4, -0.2) is 6.71 Å². The summed E-state index contributed by atoms with van der Waals surface area (Å²) in [5, 5.41) is 2.63. The second kappa shape index (κ2) is 13.3. The highest BCUT2D eigenvalue weighted by molar-refractivity contribution is 7.25. The second-order valence-corrected chi connectivity index (χ2v) is 18.4. The van der Waals surface area contributed by atoms with Gasteiger partial charge in [0, 0.05) is 76.8 Å². The van der Waals surface area contributed by atoms with E-state index in [1.807, 2.05) is 11.3 Å². The fraction of sp³-hybridized carbons (Fsp3) is 0.0526. The minimum Gasteiger partial charge on any atom is -0.311 e. The van der Waals surface area contributed by atoms with Gasteiger partial charge < -0.3 is 14.7 Å². The lowest BCUT2D eigenvalue weighted by molar-refractivity contribution is 0.660. The van der Waals surface area contributed by atoms with Gasteiger partial charge in [0.15, 0.2) is 0 Å². The molecule has 5 heteroatoms. The van der Waals surface area contributed by atoms with Crippen LogP contribution in [0, 0.1) is 0 Å². The molecular formula is C57H40BN3S. The standard InChI is InChI=1S/C57H40BN3S/c1-57(2)46-22-11-9-20-42(46)43-31-28-39(34-47(43)57)61-52-26-15-25-51-56(52)58(49-33-30-40(35-53(49)61)59(37-16-5-3-6-17-37)38-18-7-4-8-19-38)48-23-12-13-24-50(48)60(51)41-29-32-45-44-21-10-14-27-54(44)62-55(45)36-41/h3-36H,1-2H3. The van der Waals surface area contributed by atoms with E-state index in [1.165, 1.54) is 87.3 Å². The molecule has 0 atom stereocenters. The summed E-state index contributed by atoms with van der Waals surface area (Å²) in [5.41, 5.74) is 19.7. The number of thiophene rings is 1. The van der Waals surface area contributed by atoms with Crippen molar-refractivity contribution in [3.8, 4) is 11.1 Å². The molecule has 0 radical (unpaired) electrons. The molecule has 3 heterocycles. The number of rotatable bonds is 5. The van der Waals surface area contributed by atoms with E-state index < -0.39 is 0 Å². The Balaban J connectivity index is 1.06. The van der Waals surface area contributed by atoms with Gasteiger partial charge in [-0.3, -0.25) is 0 Å². The van der Waals surface area contributed by atoms with E-state index in [0.29, 0.717) is 0 Å². The Labute approximate surface area is 366 Å². The third-order valence-electron chi connectivity index (χ3n) is 13.6. The highest BCUT2D eigenvalue weighted by atomic mass is 32.1. The number of anilines is 9. The predicted octanol–water partition coefficient (Wildman–Crippen LogP) is 13.9. The zero-order valence-corrected chi connectivity index (χ0v) is 35.3. The van der Waals surface area contributed by atoms with Crippen molar-refractivity contribution in [1.29, 1.82) is 0 Å². The van der Waals surface area contributed by atoms with Crippen LogP contribution in [0.4, 0.5) is 51.2 Å². The highest BCUT2D eigenvalue weighted by Gasteiger charge is 2.44. The zero-order valence-electron chi connectivity index (χ0n) is 34.5. The average Bonchev–Trinajstić information content (AvgIpc) is 3.80. The quantitative estimate of drug-likeness (QED) is 0.160. The van der Waals surface area contributed by atoms with Crippen molar-refractivity contribution in [3.63, 3.8) is 0 Å². The average molecular weight is 810 g/mol. The smallest absolute Gasteiger partial charge is 0.252 e. The van der Waals surface area contributed by atoms with Crippen LogP contribution in [0.3, 0.4) is 0 Å². The fourth-order valence-corrected chi connectivity index (χ4v) is 12.0. The van der Waals surface area contributed by atoms with Gasteiger partial charge in [0.2, 0.25) is 0 Å². The largest absolute Gasteiger partial charge is 0.311 e. The third kappa shape index (κ3) is 5.06. The van der Waals surface area contributed by atoms with Crippen molar-refractivity contribution in [1.82, 2.24) is 0 Å². The van der Waals surface area contributed by atoms with Crippen molar-refractivity contribution in [2.45, 2.75) is 19.3 Å². The molecule has 0 bridgehead atoms. The van der Waals surface area contributed by atoms with E-state index in [4.69, 9.17) is 0 Å². The summed E-state index contributed by atoms with van der Waals surface area (Å²) in [7, 11) is 0. The second-order valence-electron chi connectivity index (χ2n) is 17.3. The predicted molar refractivity (Wildman–Crippen MR) is 266 cm³/mol. The van der Waals surface area contributed by atoms with E-state index in [-0.39, 0.29) is 12.1 Å². The molecule has 10 aromatic rings. The van der Waals surface area contributed by atoms with E-state index in [1.54, 1.807) is 0 Å². The van der Waals surface area contributed by atoms with Crippen LogP contribution >= 0.6 is 11.3 Å².